The third-order valence-corrected chi connectivity index (χ3v) is 5.13. The first-order valence-electron chi connectivity index (χ1n) is 8.33. The molecule has 1 aromatic rings. The Morgan fingerprint density at radius 1 is 1.05 bits per heavy atom. The molecule has 1 saturated heterocycles. The summed E-state index contributed by atoms with van der Waals surface area (Å²) in [4.78, 5) is 14.7. The predicted molar refractivity (Wildman–Crippen MR) is 84.9 cm³/mol. The number of nitrogens with zero attached hydrogens (tertiary/aromatic N) is 1. The Morgan fingerprint density at radius 3 is 2.57 bits per heavy atom. The van der Waals surface area contributed by atoms with Crippen molar-refractivity contribution < 1.29 is 4.79 Å². The van der Waals surface area contributed by atoms with Crippen LogP contribution < -0.4 is 5.73 Å². The van der Waals surface area contributed by atoms with Gasteiger partial charge in [-0.3, -0.25) is 4.79 Å². The smallest absolute Gasteiger partial charge is 0.225 e. The Kier molecular flexibility index (Phi) is 4.59. The lowest BCUT2D eigenvalue weighted by Crippen LogP contribution is -2.36. The van der Waals surface area contributed by atoms with Gasteiger partial charge >= 0.3 is 0 Å². The zero-order valence-electron chi connectivity index (χ0n) is 12.7. The minimum atomic E-state index is 0.188. The molecule has 114 valence electrons. The average Bonchev–Trinajstić information content (AvgIpc) is 2.81. The molecule has 1 aliphatic heterocycles. The Labute approximate surface area is 127 Å². The summed E-state index contributed by atoms with van der Waals surface area (Å²) in [5.41, 5.74) is 7.38. The van der Waals surface area contributed by atoms with Crippen LogP contribution in [0.15, 0.2) is 30.3 Å². The van der Waals surface area contributed by atoms with Crippen LogP contribution in [0, 0.1) is 5.92 Å². The van der Waals surface area contributed by atoms with E-state index >= 15 is 0 Å². The van der Waals surface area contributed by atoms with Gasteiger partial charge in [-0.25, -0.2) is 0 Å². The molecule has 1 aromatic carbocycles. The van der Waals surface area contributed by atoms with Crippen LogP contribution in [0.5, 0.6) is 0 Å². The molecule has 0 aromatic heterocycles. The van der Waals surface area contributed by atoms with Gasteiger partial charge in [0, 0.05) is 25.0 Å². The van der Waals surface area contributed by atoms with Crippen molar-refractivity contribution in [2.45, 2.75) is 50.5 Å². The van der Waals surface area contributed by atoms with Crippen molar-refractivity contribution in [3.8, 4) is 0 Å². The van der Waals surface area contributed by atoms with Gasteiger partial charge < -0.3 is 10.6 Å². The summed E-state index contributed by atoms with van der Waals surface area (Å²) in [7, 11) is 0. The predicted octanol–water partition coefficient (Wildman–Crippen LogP) is 2.91. The molecule has 1 aliphatic carbocycles. The summed E-state index contributed by atoms with van der Waals surface area (Å²) in [6.45, 7) is 1.83. The number of hydrogen-bond acceptors (Lipinski definition) is 2. The van der Waals surface area contributed by atoms with Crippen LogP contribution in [0.25, 0.3) is 0 Å². The number of amides is 1. The van der Waals surface area contributed by atoms with Gasteiger partial charge in [-0.15, -0.1) is 0 Å². The van der Waals surface area contributed by atoms with E-state index in [9.17, 15) is 4.79 Å². The lowest BCUT2D eigenvalue weighted by Gasteiger charge is -2.24. The highest BCUT2D eigenvalue weighted by Crippen LogP contribution is 2.31. The van der Waals surface area contributed by atoms with Gasteiger partial charge in [-0.05, 0) is 50.0 Å². The number of carbonyl (C=O) groups excluding carboxylic acids is 1. The Hall–Kier alpha value is -1.35. The van der Waals surface area contributed by atoms with Crippen LogP contribution in [-0.2, 0) is 4.79 Å². The number of benzene rings is 1. The summed E-state index contributed by atoms with van der Waals surface area (Å²) in [5.74, 6) is 1.15. The molecule has 2 fully saturated rings. The van der Waals surface area contributed by atoms with Crippen LogP contribution >= 0.6 is 0 Å². The van der Waals surface area contributed by atoms with Crippen molar-refractivity contribution >= 4 is 5.91 Å². The van der Waals surface area contributed by atoms with Gasteiger partial charge in [0.05, 0.1) is 0 Å². The van der Waals surface area contributed by atoms with Crippen molar-refractivity contribution in [2.75, 3.05) is 13.1 Å². The molecule has 21 heavy (non-hydrogen) atoms. The lowest BCUT2D eigenvalue weighted by molar-refractivity contribution is -0.135. The van der Waals surface area contributed by atoms with Gasteiger partial charge in [-0.2, -0.15) is 0 Å². The van der Waals surface area contributed by atoms with E-state index in [2.05, 4.69) is 35.2 Å². The van der Waals surface area contributed by atoms with Crippen molar-refractivity contribution in [1.82, 2.24) is 4.90 Å². The molecule has 0 spiro atoms. The van der Waals surface area contributed by atoms with Crippen LogP contribution in [0.4, 0.5) is 0 Å². The number of rotatable bonds is 2. The van der Waals surface area contributed by atoms with E-state index in [-0.39, 0.29) is 12.0 Å². The van der Waals surface area contributed by atoms with Crippen molar-refractivity contribution in [3.05, 3.63) is 35.9 Å². The maximum absolute atomic E-state index is 12.6. The van der Waals surface area contributed by atoms with Crippen molar-refractivity contribution in [2.24, 2.45) is 11.7 Å². The average molecular weight is 286 g/mol. The van der Waals surface area contributed by atoms with Gasteiger partial charge in [0.2, 0.25) is 5.91 Å². The maximum atomic E-state index is 12.6. The molecule has 1 amide bonds. The molecule has 3 nitrogen and oxygen atoms in total. The number of carbonyl (C=O) groups is 1. The van der Waals surface area contributed by atoms with Gasteiger partial charge in [0.1, 0.15) is 0 Å². The summed E-state index contributed by atoms with van der Waals surface area (Å²) in [6, 6.07) is 11.0. The molecule has 3 atom stereocenters. The second kappa shape index (κ2) is 6.61. The van der Waals surface area contributed by atoms with Gasteiger partial charge in [-0.1, -0.05) is 30.3 Å². The minimum Gasteiger partial charge on any atom is -0.342 e. The zero-order chi connectivity index (χ0) is 14.7. The number of likely N-dealkylation sites (tertiary alicyclic amines) is 1. The van der Waals surface area contributed by atoms with Gasteiger partial charge in [0.25, 0.3) is 0 Å². The molecule has 2 N–H and O–H groups in total. The van der Waals surface area contributed by atoms with Crippen LogP contribution in [0.3, 0.4) is 0 Å². The van der Waals surface area contributed by atoms with E-state index < -0.39 is 0 Å². The highest BCUT2D eigenvalue weighted by molar-refractivity contribution is 5.79. The van der Waals surface area contributed by atoms with E-state index in [0.717, 1.165) is 45.2 Å². The quantitative estimate of drug-likeness (QED) is 0.908. The van der Waals surface area contributed by atoms with Crippen molar-refractivity contribution in [3.63, 3.8) is 0 Å². The molecule has 0 bridgehead atoms. The first-order valence-corrected chi connectivity index (χ1v) is 8.33. The maximum Gasteiger partial charge on any atom is 0.225 e. The largest absolute Gasteiger partial charge is 0.342 e. The van der Waals surface area contributed by atoms with E-state index in [1.165, 1.54) is 12.0 Å². The second-order valence-electron chi connectivity index (χ2n) is 6.63. The monoisotopic (exact) mass is 286 g/mol. The molecule has 3 heteroatoms. The first kappa shape index (κ1) is 14.6. The third kappa shape index (κ3) is 3.46. The number of hydrogen-bond donors (Lipinski definition) is 1. The Balaban J connectivity index is 1.59. The van der Waals surface area contributed by atoms with E-state index in [1.807, 2.05) is 0 Å². The van der Waals surface area contributed by atoms with E-state index in [4.69, 9.17) is 5.73 Å². The Bertz CT molecular complexity index is 473. The van der Waals surface area contributed by atoms with Crippen molar-refractivity contribution in [1.29, 1.82) is 0 Å². The molecule has 2 aliphatic rings. The Morgan fingerprint density at radius 2 is 1.86 bits per heavy atom. The van der Waals surface area contributed by atoms with Crippen LogP contribution in [0.2, 0.25) is 0 Å². The fourth-order valence-corrected chi connectivity index (χ4v) is 3.87. The number of nitrogens with two attached hydrogens (primary N) is 1. The highest BCUT2D eigenvalue weighted by Gasteiger charge is 2.32. The normalized spacial score (nSPS) is 30.1. The van der Waals surface area contributed by atoms with Crippen LogP contribution in [-0.4, -0.2) is 29.9 Å². The summed E-state index contributed by atoms with van der Waals surface area (Å²) < 4.78 is 0. The van der Waals surface area contributed by atoms with Crippen LogP contribution in [0.1, 0.15) is 50.0 Å². The molecular weight excluding hydrogens is 260 g/mol. The summed E-state index contributed by atoms with van der Waals surface area (Å²) in [5, 5.41) is 0. The lowest BCUT2D eigenvalue weighted by atomic mass is 9.92. The molecule has 0 unspecified atom stereocenters. The first-order chi connectivity index (χ1) is 10.2. The molecule has 1 heterocycles. The highest BCUT2D eigenvalue weighted by atomic mass is 16.2. The van der Waals surface area contributed by atoms with E-state index in [0.29, 0.717) is 11.8 Å². The third-order valence-electron chi connectivity index (χ3n) is 5.13. The summed E-state index contributed by atoms with van der Waals surface area (Å²) >= 11 is 0. The fraction of sp³-hybridized carbons (Fsp3) is 0.611. The topological polar surface area (TPSA) is 46.3 Å². The second-order valence-corrected chi connectivity index (χ2v) is 6.63. The molecular formula is C18H26N2O. The standard InChI is InChI=1S/C18H26N2O/c19-17-9-8-16(13-17)18(21)20-11-4-7-15(10-12-20)14-5-2-1-3-6-14/h1-3,5-6,15-17H,4,7-13,19H2/t15-,16+,17-/m1/s1. The molecule has 3 rings (SSSR count). The zero-order valence-corrected chi connectivity index (χ0v) is 12.7. The summed E-state index contributed by atoms with van der Waals surface area (Å²) in [6.07, 6.45) is 6.28. The SMILES string of the molecule is N[C@@H]1CC[C@H](C(=O)N2CCC[C@@H](c3ccccc3)CC2)C1. The molecule has 0 radical (unpaired) electrons. The van der Waals surface area contributed by atoms with E-state index in [1.54, 1.807) is 0 Å². The van der Waals surface area contributed by atoms with Gasteiger partial charge in [0.15, 0.2) is 0 Å². The fourth-order valence-electron chi connectivity index (χ4n) is 3.87. The minimum absolute atomic E-state index is 0.188. The molecule has 1 saturated carbocycles.